The number of rotatable bonds is 9. The fourth-order valence-corrected chi connectivity index (χ4v) is 4.31. The van der Waals surface area contributed by atoms with Crippen molar-refractivity contribution in [3.8, 4) is 34.3 Å². The Morgan fingerprint density at radius 1 is 1.05 bits per heavy atom. The number of amides is 1. The highest BCUT2D eigenvalue weighted by Crippen LogP contribution is 2.34. The third-order valence-corrected chi connectivity index (χ3v) is 6.45. The van der Waals surface area contributed by atoms with E-state index in [1.165, 1.54) is 44.3 Å². The minimum atomic E-state index is -0.353. The summed E-state index contributed by atoms with van der Waals surface area (Å²) in [6.45, 7) is 4.07. The number of hydrogen-bond donors (Lipinski definition) is 2. The standard InChI is InChI=1S/C27H27N5O4S/c1-17-5-9-20(10-6-17)26-30-31-27(32(26)21-11-7-18(2)8-12-21)37-16-24(33)29-28-15-19-13-22(35-3)25(34)23(14-19)36-4/h5-15H,16H2,1-4H3,(H2,28,29,33,34). The molecule has 1 heterocycles. The average Bonchev–Trinajstić information content (AvgIpc) is 3.33. The summed E-state index contributed by atoms with van der Waals surface area (Å²) in [6.07, 6.45) is 1.42. The SMILES string of the molecule is COc1cc(C=NNC(=O)CSc2n[nH]c(-c3ccc(C)cc3)[n+]2-c2ccc(C)cc2)cc(OC)c1[O-]. The first-order chi connectivity index (χ1) is 17.9. The van der Waals surface area contributed by atoms with Crippen LogP contribution in [-0.2, 0) is 4.79 Å². The molecule has 0 aliphatic heterocycles. The van der Waals surface area contributed by atoms with E-state index in [4.69, 9.17) is 9.47 Å². The molecule has 0 spiro atoms. The third kappa shape index (κ3) is 6.10. The molecule has 0 aliphatic carbocycles. The molecule has 4 rings (SSSR count). The van der Waals surface area contributed by atoms with Crippen molar-refractivity contribution in [3.63, 3.8) is 0 Å². The van der Waals surface area contributed by atoms with Crippen LogP contribution in [-0.4, -0.2) is 42.3 Å². The Balaban J connectivity index is 1.49. The lowest BCUT2D eigenvalue weighted by Gasteiger charge is -2.17. The van der Waals surface area contributed by atoms with E-state index in [0.717, 1.165) is 28.2 Å². The summed E-state index contributed by atoms with van der Waals surface area (Å²) >= 11 is 1.29. The van der Waals surface area contributed by atoms with Gasteiger partial charge in [0.1, 0.15) is 17.2 Å². The monoisotopic (exact) mass is 517 g/mol. The predicted molar refractivity (Wildman–Crippen MR) is 140 cm³/mol. The molecular formula is C27H27N5O4S. The molecule has 9 nitrogen and oxygen atoms in total. The number of hydrazone groups is 1. The Hall–Kier alpha value is -4.31. The minimum Gasteiger partial charge on any atom is -0.867 e. The fraction of sp³-hybridized carbons (Fsp3) is 0.185. The van der Waals surface area contributed by atoms with Crippen molar-refractivity contribution >= 4 is 23.9 Å². The number of thioether (sulfide) groups is 1. The van der Waals surface area contributed by atoms with Gasteiger partial charge in [-0.15, -0.1) is 5.10 Å². The number of H-pyrrole nitrogens is 1. The highest BCUT2D eigenvalue weighted by atomic mass is 32.2. The number of aromatic nitrogens is 3. The van der Waals surface area contributed by atoms with Crippen LogP contribution < -0.4 is 24.6 Å². The van der Waals surface area contributed by atoms with Crippen molar-refractivity contribution < 1.29 is 23.9 Å². The lowest BCUT2D eigenvalue weighted by atomic mass is 10.1. The molecule has 0 aliphatic rings. The molecule has 190 valence electrons. The minimum absolute atomic E-state index is 0.0908. The van der Waals surface area contributed by atoms with Gasteiger partial charge in [-0.1, -0.05) is 35.4 Å². The van der Waals surface area contributed by atoms with Crippen LogP contribution in [0.4, 0.5) is 0 Å². The Kier molecular flexibility index (Phi) is 8.09. The van der Waals surface area contributed by atoms with Gasteiger partial charge in [0, 0.05) is 5.56 Å². The first-order valence-corrected chi connectivity index (χ1v) is 12.4. The van der Waals surface area contributed by atoms with Crippen molar-refractivity contribution in [1.82, 2.24) is 15.6 Å². The first kappa shape index (κ1) is 25.8. The second-order valence-corrected chi connectivity index (χ2v) is 9.17. The van der Waals surface area contributed by atoms with Gasteiger partial charge in [-0.2, -0.15) is 9.67 Å². The van der Waals surface area contributed by atoms with Gasteiger partial charge in [0.25, 0.3) is 11.7 Å². The highest BCUT2D eigenvalue weighted by Gasteiger charge is 2.24. The first-order valence-electron chi connectivity index (χ1n) is 11.4. The Morgan fingerprint density at radius 2 is 1.65 bits per heavy atom. The maximum Gasteiger partial charge on any atom is 0.342 e. The molecular weight excluding hydrogens is 490 g/mol. The molecule has 37 heavy (non-hydrogen) atoms. The number of benzene rings is 3. The molecule has 10 heteroatoms. The van der Waals surface area contributed by atoms with E-state index in [2.05, 4.69) is 20.7 Å². The van der Waals surface area contributed by atoms with Crippen LogP contribution >= 0.6 is 11.8 Å². The summed E-state index contributed by atoms with van der Waals surface area (Å²) in [6, 6.07) is 19.3. The molecule has 0 radical (unpaired) electrons. The van der Waals surface area contributed by atoms with Crippen molar-refractivity contribution in [2.24, 2.45) is 5.10 Å². The van der Waals surface area contributed by atoms with E-state index in [1.54, 1.807) is 0 Å². The van der Waals surface area contributed by atoms with Crippen LogP contribution in [0.2, 0.25) is 0 Å². The molecule has 0 saturated carbocycles. The summed E-state index contributed by atoms with van der Waals surface area (Å²) in [5, 5.41) is 24.3. The van der Waals surface area contributed by atoms with Gasteiger partial charge >= 0.3 is 5.16 Å². The number of aryl methyl sites for hydroxylation is 2. The fourth-order valence-electron chi connectivity index (χ4n) is 3.55. The van der Waals surface area contributed by atoms with Crippen molar-refractivity contribution in [2.45, 2.75) is 19.0 Å². The number of carbonyl (C=O) groups is 1. The molecule has 0 atom stereocenters. The molecule has 0 bridgehead atoms. The Bertz CT molecular complexity index is 1390. The number of hydrogen-bond acceptors (Lipinski definition) is 7. The molecule has 2 N–H and O–H groups in total. The number of nitrogens with zero attached hydrogens (tertiary/aromatic N) is 3. The van der Waals surface area contributed by atoms with Crippen LogP contribution in [0.15, 0.2) is 70.9 Å². The quantitative estimate of drug-likeness (QED) is 0.152. The second kappa shape index (κ2) is 11.6. The lowest BCUT2D eigenvalue weighted by molar-refractivity contribution is -0.625. The highest BCUT2D eigenvalue weighted by molar-refractivity contribution is 7.99. The number of aromatic amines is 1. The van der Waals surface area contributed by atoms with E-state index in [0.29, 0.717) is 10.7 Å². The third-order valence-electron chi connectivity index (χ3n) is 5.51. The van der Waals surface area contributed by atoms with Gasteiger partial charge in [0.15, 0.2) is 0 Å². The molecule has 0 unspecified atom stereocenters. The molecule has 1 aromatic heterocycles. The van der Waals surface area contributed by atoms with Gasteiger partial charge in [0.05, 0.1) is 36.8 Å². The number of carbonyl (C=O) groups excluding carboxylic acids is 1. The van der Waals surface area contributed by atoms with E-state index >= 15 is 0 Å². The van der Waals surface area contributed by atoms with Crippen LogP contribution in [0.25, 0.3) is 17.1 Å². The van der Waals surface area contributed by atoms with Gasteiger partial charge in [-0.05, 0) is 67.8 Å². The summed E-state index contributed by atoms with van der Waals surface area (Å²) in [4.78, 5) is 12.5. The van der Waals surface area contributed by atoms with Gasteiger partial charge < -0.3 is 14.6 Å². The van der Waals surface area contributed by atoms with Crippen molar-refractivity contribution in [2.75, 3.05) is 20.0 Å². The summed E-state index contributed by atoms with van der Waals surface area (Å²) in [5.74, 6) is 0.504. The second-order valence-electron chi connectivity index (χ2n) is 8.23. The average molecular weight is 518 g/mol. The molecule has 0 saturated heterocycles. The summed E-state index contributed by atoms with van der Waals surface area (Å²) in [5.41, 5.74) is 7.28. The zero-order valence-electron chi connectivity index (χ0n) is 20.9. The maximum atomic E-state index is 12.5. The smallest absolute Gasteiger partial charge is 0.342 e. The van der Waals surface area contributed by atoms with E-state index in [-0.39, 0.29) is 28.9 Å². The zero-order valence-corrected chi connectivity index (χ0v) is 21.8. The maximum absolute atomic E-state index is 12.5. The lowest BCUT2D eigenvalue weighted by Crippen LogP contribution is -2.34. The van der Waals surface area contributed by atoms with Crippen molar-refractivity contribution in [3.05, 3.63) is 77.4 Å². The Labute approximate surface area is 219 Å². The number of methoxy groups -OCH3 is 2. The predicted octanol–water partition coefficient (Wildman–Crippen LogP) is 3.30. The molecule has 4 aromatic rings. The number of ether oxygens (including phenoxy) is 2. The summed E-state index contributed by atoms with van der Waals surface area (Å²) < 4.78 is 12.2. The van der Waals surface area contributed by atoms with Crippen LogP contribution in [0.3, 0.4) is 0 Å². The van der Waals surface area contributed by atoms with Crippen molar-refractivity contribution in [1.29, 1.82) is 0 Å². The topological polar surface area (TPSA) is 116 Å². The molecule has 3 aromatic carbocycles. The van der Waals surface area contributed by atoms with E-state index in [9.17, 15) is 9.90 Å². The van der Waals surface area contributed by atoms with E-state index < -0.39 is 0 Å². The number of nitrogens with one attached hydrogen (secondary N) is 2. The largest absolute Gasteiger partial charge is 0.867 e. The van der Waals surface area contributed by atoms with Gasteiger partial charge in [-0.3, -0.25) is 4.79 Å². The van der Waals surface area contributed by atoms with Crippen LogP contribution in [0.5, 0.6) is 17.2 Å². The molecule has 0 fully saturated rings. The van der Waals surface area contributed by atoms with E-state index in [1.807, 2.05) is 66.9 Å². The van der Waals surface area contributed by atoms with Crippen LogP contribution in [0, 0.1) is 13.8 Å². The normalized spacial score (nSPS) is 11.0. The summed E-state index contributed by atoms with van der Waals surface area (Å²) in [7, 11) is 2.80. The zero-order chi connectivity index (χ0) is 26.4. The Morgan fingerprint density at radius 3 is 2.24 bits per heavy atom. The van der Waals surface area contributed by atoms with Gasteiger partial charge in [-0.25, -0.2) is 5.43 Å². The van der Waals surface area contributed by atoms with Gasteiger partial charge in [0.2, 0.25) is 0 Å². The van der Waals surface area contributed by atoms with Crippen LogP contribution in [0.1, 0.15) is 16.7 Å². The molecule has 1 amide bonds.